The topological polar surface area (TPSA) is 99.1 Å². The molecule has 3 aromatic heterocycles. The van der Waals surface area contributed by atoms with Gasteiger partial charge < -0.3 is 15.2 Å². The first-order valence-electron chi connectivity index (χ1n) is 9.60. The van der Waals surface area contributed by atoms with Crippen molar-refractivity contribution >= 4 is 39.9 Å². The van der Waals surface area contributed by atoms with Gasteiger partial charge >= 0.3 is 5.97 Å². The number of carboxylic acid groups (broad SMARTS) is 1. The molecular formula is C22H18ClN3O3S. The number of thiazole rings is 1. The van der Waals surface area contributed by atoms with E-state index in [0.717, 1.165) is 56.9 Å². The maximum absolute atomic E-state index is 10.9. The third kappa shape index (κ3) is 3.29. The molecule has 1 aromatic carbocycles. The molecule has 1 aliphatic carbocycles. The van der Waals surface area contributed by atoms with Crippen LogP contribution in [0.2, 0.25) is 5.02 Å². The Kier molecular flexibility index (Phi) is 4.61. The molecule has 6 nitrogen and oxygen atoms in total. The summed E-state index contributed by atoms with van der Waals surface area (Å²) in [6.45, 7) is 0. The van der Waals surface area contributed by atoms with E-state index in [1.165, 1.54) is 11.3 Å². The predicted molar refractivity (Wildman–Crippen MR) is 117 cm³/mol. The second-order valence-electron chi connectivity index (χ2n) is 7.61. The molecular weight excluding hydrogens is 422 g/mol. The fourth-order valence-electron chi connectivity index (χ4n) is 3.76. The molecule has 1 fully saturated rings. The van der Waals surface area contributed by atoms with Gasteiger partial charge in [-0.25, -0.2) is 9.97 Å². The number of benzene rings is 1. The monoisotopic (exact) mass is 439 g/mol. The van der Waals surface area contributed by atoms with Crippen molar-refractivity contribution in [2.24, 2.45) is 0 Å². The second-order valence-corrected chi connectivity index (χ2v) is 9.05. The van der Waals surface area contributed by atoms with Gasteiger partial charge in [-0.1, -0.05) is 35.9 Å². The van der Waals surface area contributed by atoms with Crippen LogP contribution in [0.4, 0.5) is 0 Å². The maximum atomic E-state index is 10.9. The van der Waals surface area contributed by atoms with E-state index in [-0.39, 0.29) is 6.42 Å². The summed E-state index contributed by atoms with van der Waals surface area (Å²) in [6, 6.07) is 9.39. The number of nitrogens with zero attached hydrogens (tertiary/aromatic N) is 2. The summed E-state index contributed by atoms with van der Waals surface area (Å²) in [6.07, 6.45) is 5.88. The number of fused-ring (bicyclic) bond motifs is 1. The van der Waals surface area contributed by atoms with Crippen molar-refractivity contribution in [2.75, 3.05) is 0 Å². The minimum absolute atomic E-state index is 0.00560. The first-order chi connectivity index (χ1) is 14.4. The molecule has 5 rings (SSSR count). The number of hydrogen-bond acceptors (Lipinski definition) is 5. The molecule has 3 N–H and O–H groups in total. The van der Waals surface area contributed by atoms with E-state index in [0.29, 0.717) is 10.7 Å². The zero-order valence-corrected chi connectivity index (χ0v) is 17.4. The number of rotatable bonds is 5. The summed E-state index contributed by atoms with van der Waals surface area (Å²) in [5.74, 6) is -0.854. The smallest absolute Gasteiger partial charge is 0.307 e. The summed E-state index contributed by atoms with van der Waals surface area (Å²) in [5.41, 5.74) is 3.29. The van der Waals surface area contributed by atoms with Crippen molar-refractivity contribution in [3.63, 3.8) is 0 Å². The van der Waals surface area contributed by atoms with Crippen LogP contribution in [0.15, 0.2) is 42.7 Å². The fraction of sp³-hybridized carbons (Fsp3) is 0.227. The molecule has 30 heavy (non-hydrogen) atoms. The highest BCUT2D eigenvalue weighted by Gasteiger charge is 2.39. The standard InChI is InChI=1S/C22H18ClN3O3S/c23-15-10-24-20-14(19(15)17-11-25-21(30-17)22(29)6-1-7-22)9-16(26-20)13-4-2-12(3-5-13)8-18(27)28/h2-5,9-11,29H,1,6-8H2,(H,24,26)(H,27,28). The minimum Gasteiger partial charge on any atom is -0.481 e. The molecule has 1 aliphatic rings. The molecule has 3 heterocycles. The van der Waals surface area contributed by atoms with Gasteiger partial charge in [0.25, 0.3) is 0 Å². The summed E-state index contributed by atoms with van der Waals surface area (Å²) >= 11 is 7.99. The van der Waals surface area contributed by atoms with Crippen LogP contribution < -0.4 is 0 Å². The number of aromatic nitrogens is 3. The lowest BCUT2D eigenvalue weighted by Crippen LogP contribution is -2.33. The lowest BCUT2D eigenvalue weighted by Gasteiger charge is -2.34. The zero-order valence-electron chi connectivity index (χ0n) is 15.9. The Morgan fingerprint density at radius 1 is 1.20 bits per heavy atom. The van der Waals surface area contributed by atoms with Crippen molar-refractivity contribution in [2.45, 2.75) is 31.3 Å². The van der Waals surface area contributed by atoms with Crippen LogP contribution in [0.25, 0.3) is 32.7 Å². The highest BCUT2D eigenvalue weighted by molar-refractivity contribution is 7.15. The van der Waals surface area contributed by atoms with Gasteiger partial charge in [-0.05, 0) is 36.5 Å². The van der Waals surface area contributed by atoms with Gasteiger partial charge in [-0.2, -0.15) is 0 Å². The Balaban J connectivity index is 1.55. The molecule has 0 saturated heterocycles. The number of aromatic amines is 1. The van der Waals surface area contributed by atoms with E-state index in [9.17, 15) is 9.90 Å². The minimum atomic E-state index is -0.854. The molecule has 0 amide bonds. The van der Waals surface area contributed by atoms with E-state index < -0.39 is 11.6 Å². The van der Waals surface area contributed by atoms with Gasteiger partial charge in [0.2, 0.25) is 0 Å². The van der Waals surface area contributed by atoms with Crippen molar-refractivity contribution in [3.05, 3.63) is 58.3 Å². The van der Waals surface area contributed by atoms with Gasteiger partial charge in [0.15, 0.2) is 0 Å². The lowest BCUT2D eigenvalue weighted by molar-refractivity contribution is -0.136. The fourth-order valence-corrected chi connectivity index (χ4v) is 5.21. The van der Waals surface area contributed by atoms with Crippen LogP contribution in [-0.4, -0.2) is 31.1 Å². The summed E-state index contributed by atoms with van der Waals surface area (Å²) in [4.78, 5) is 24.0. The number of halogens is 1. The van der Waals surface area contributed by atoms with Gasteiger partial charge in [0.1, 0.15) is 16.3 Å². The molecule has 4 aromatic rings. The second kappa shape index (κ2) is 7.19. The normalized spacial score (nSPS) is 15.3. The van der Waals surface area contributed by atoms with E-state index in [1.807, 2.05) is 30.3 Å². The molecule has 0 radical (unpaired) electrons. The molecule has 8 heteroatoms. The van der Waals surface area contributed by atoms with E-state index >= 15 is 0 Å². The Morgan fingerprint density at radius 2 is 1.97 bits per heavy atom. The highest BCUT2D eigenvalue weighted by Crippen LogP contribution is 2.46. The average molecular weight is 440 g/mol. The maximum Gasteiger partial charge on any atom is 0.307 e. The Labute approximate surface area is 181 Å². The van der Waals surface area contributed by atoms with Crippen molar-refractivity contribution in [3.8, 4) is 21.7 Å². The molecule has 0 unspecified atom stereocenters. The molecule has 0 bridgehead atoms. The molecule has 1 saturated carbocycles. The Morgan fingerprint density at radius 3 is 2.63 bits per heavy atom. The Hall–Kier alpha value is -2.74. The van der Waals surface area contributed by atoms with Crippen LogP contribution in [-0.2, 0) is 16.8 Å². The van der Waals surface area contributed by atoms with Crippen LogP contribution in [0.3, 0.4) is 0 Å². The molecule has 0 spiro atoms. The van der Waals surface area contributed by atoms with Gasteiger partial charge in [0, 0.05) is 29.0 Å². The highest BCUT2D eigenvalue weighted by atomic mass is 35.5. The third-order valence-corrected chi connectivity index (χ3v) is 7.06. The van der Waals surface area contributed by atoms with E-state index in [4.69, 9.17) is 16.7 Å². The van der Waals surface area contributed by atoms with Crippen molar-refractivity contribution in [1.82, 2.24) is 15.0 Å². The number of aliphatic carboxylic acids is 1. The van der Waals surface area contributed by atoms with Crippen molar-refractivity contribution in [1.29, 1.82) is 0 Å². The number of pyridine rings is 1. The quantitative estimate of drug-likeness (QED) is 0.406. The average Bonchev–Trinajstić information content (AvgIpc) is 3.34. The van der Waals surface area contributed by atoms with E-state index in [1.54, 1.807) is 12.4 Å². The summed E-state index contributed by atoms with van der Waals surface area (Å²) in [7, 11) is 0. The van der Waals surface area contributed by atoms with Crippen LogP contribution in [0.5, 0.6) is 0 Å². The first-order valence-corrected chi connectivity index (χ1v) is 10.8. The predicted octanol–water partition coefficient (Wildman–Crippen LogP) is 5.01. The molecule has 152 valence electrons. The largest absolute Gasteiger partial charge is 0.481 e. The van der Waals surface area contributed by atoms with Crippen LogP contribution >= 0.6 is 22.9 Å². The van der Waals surface area contributed by atoms with Crippen LogP contribution in [0.1, 0.15) is 29.8 Å². The van der Waals surface area contributed by atoms with Crippen LogP contribution in [0, 0.1) is 0 Å². The molecule has 0 atom stereocenters. The summed E-state index contributed by atoms with van der Waals surface area (Å²) < 4.78 is 0. The first kappa shape index (κ1) is 19.2. The Bertz CT molecular complexity index is 1260. The van der Waals surface area contributed by atoms with E-state index in [2.05, 4.69) is 15.0 Å². The number of carboxylic acids is 1. The van der Waals surface area contributed by atoms with Gasteiger partial charge in [-0.3, -0.25) is 4.79 Å². The van der Waals surface area contributed by atoms with Gasteiger partial charge in [0.05, 0.1) is 16.3 Å². The lowest BCUT2D eigenvalue weighted by atomic mass is 9.81. The third-order valence-electron chi connectivity index (χ3n) is 5.56. The SMILES string of the molecule is O=C(O)Cc1ccc(-c2cc3c(-c4cnc(C5(O)CCC5)s4)c(Cl)cnc3[nH]2)cc1. The number of hydrogen-bond donors (Lipinski definition) is 3. The number of nitrogens with one attached hydrogen (secondary N) is 1. The van der Waals surface area contributed by atoms with Crippen molar-refractivity contribution < 1.29 is 15.0 Å². The summed E-state index contributed by atoms with van der Waals surface area (Å²) in [5, 5.41) is 21.7. The van der Waals surface area contributed by atoms with Gasteiger partial charge in [-0.15, -0.1) is 11.3 Å². The number of carbonyl (C=O) groups is 1. The number of aliphatic hydroxyl groups is 1. The zero-order chi connectivity index (χ0) is 20.9. The number of H-pyrrole nitrogens is 1. The molecule has 0 aliphatic heterocycles.